The Labute approximate surface area is 162 Å². The third-order valence-electron chi connectivity index (χ3n) is 4.55. The lowest BCUT2D eigenvalue weighted by atomic mass is 9.91. The summed E-state index contributed by atoms with van der Waals surface area (Å²) in [4.78, 5) is 38.4. The van der Waals surface area contributed by atoms with Crippen molar-refractivity contribution in [3.8, 4) is 0 Å². The smallest absolute Gasteiger partial charge is 0.345 e. The highest BCUT2D eigenvalue weighted by molar-refractivity contribution is 7.20. The topological polar surface area (TPSA) is 86.7 Å². The molecule has 2 aromatic rings. The average Bonchev–Trinajstić information content (AvgIpc) is 3.19. The van der Waals surface area contributed by atoms with Crippen LogP contribution in [0.1, 0.15) is 49.7 Å². The van der Waals surface area contributed by atoms with Crippen LogP contribution in [0.2, 0.25) is 0 Å². The number of aromatic carboxylic acids is 1. The van der Waals surface area contributed by atoms with Crippen LogP contribution in [-0.4, -0.2) is 40.4 Å². The number of benzene rings is 1. The molecular weight excluding hydrogens is 364 g/mol. The molecule has 3 rings (SSSR count). The molecule has 1 fully saturated rings. The molecule has 1 aromatic heterocycles. The first-order valence-corrected chi connectivity index (χ1v) is 9.83. The zero-order chi connectivity index (χ0) is 19.8. The van der Waals surface area contributed by atoms with Crippen LogP contribution >= 0.6 is 11.3 Å². The van der Waals surface area contributed by atoms with E-state index in [9.17, 15) is 14.4 Å². The summed E-state index contributed by atoms with van der Waals surface area (Å²) in [5.41, 5.74) is 0.490. The predicted molar refractivity (Wildman–Crippen MR) is 106 cm³/mol. The van der Waals surface area contributed by atoms with Gasteiger partial charge in [0.25, 0.3) is 0 Å². The van der Waals surface area contributed by atoms with Gasteiger partial charge in [-0.1, -0.05) is 20.8 Å². The Bertz CT molecular complexity index is 897. The number of hydrogen-bond donors (Lipinski definition) is 2. The predicted octanol–water partition coefficient (Wildman–Crippen LogP) is 3.97. The standard InChI is InChI=1S/C20H24N2O4S/c1-20(2,3)11-17(23)22-8-4-5-14(22)18(24)21-13-6-7-15-12(9-13)10-16(27-15)19(25)26/h6-7,9-10,14H,4-5,8,11H2,1-3H3,(H,21,24)(H,25,26). The largest absolute Gasteiger partial charge is 0.477 e. The molecule has 2 heterocycles. The lowest BCUT2D eigenvalue weighted by Crippen LogP contribution is -2.44. The van der Waals surface area contributed by atoms with Gasteiger partial charge in [-0.2, -0.15) is 0 Å². The second-order valence-corrected chi connectivity index (χ2v) is 9.22. The molecule has 1 atom stereocenters. The van der Waals surface area contributed by atoms with E-state index in [1.54, 1.807) is 29.2 Å². The number of nitrogens with zero attached hydrogens (tertiary/aromatic N) is 1. The van der Waals surface area contributed by atoms with Crippen LogP contribution in [-0.2, 0) is 9.59 Å². The number of amides is 2. The van der Waals surface area contributed by atoms with E-state index in [1.165, 1.54) is 11.3 Å². The summed E-state index contributed by atoms with van der Waals surface area (Å²) in [6.07, 6.45) is 1.89. The number of thiophene rings is 1. The Balaban J connectivity index is 1.73. The molecule has 144 valence electrons. The van der Waals surface area contributed by atoms with Gasteiger partial charge in [0.15, 0.2) is 0 Å². The number of rotatable bonds is 4. The highest BCUT2D eigenvalue weighted by Gasteiger charge is 2.35. The first-order chi connectivity index (χ1) is 12.6. The number of likely N-dealkylation sites (tertiary alicyclic amines) is 1. The van der Waals surface area contributed by atoms with Crippen molar-refractivity contribution in [1.29, 1.82) is 0 Å². The minimum Gasteiger partial charge on any atom is -0.477 e. The maximum Gasteiger partial charge on any atom is 0.345 e. The van der Waals surface area contributed by atoms with E-state index >= 15 is 0 Å². The second-order valence-electron chi connectivity index (χ2n) is 8.14. The molecule has 0 radical (unpaired) electrons. The Morgan fingerprint density at radius 3 is 2.67 bits per heavy atom. The van der Waals surface area contributed by atoms with Crippen molar-refractivity contribution in [2.75, 3.05) is 11.9 Å². The van der Waals surface area contributed by atoms with Crippen LogP contribution in [0.25, 0.3) is 10.1 Å². The summed E-state index contributed by atoms with van der Waals surface area (Å²) in [7, 11) is 0. The van der Waals surface area contributed by atoms with Gasteiger partial charge >= 0.3 is 5.97 Å². The minimum absolute atomic E-state index is 0.0135. The van der Waals surface area contributed by atoms with Crippen LogP contribution in [0, 0.1) is 5.41 Å². The van der Waals surface area contributed by atoms with Crippen molar-refractivity contribution >= 4 is 44.9 Å². The number of nitrogens with one attached hydrogen (secondary N) is 1. The number of carbonyl (C=O) groups excluding carboxylic acids is 2. The molecule has 1 saturated heterocycles. The number of fused-ring (bicyclic) bond motifs is 1. The van der Waals surface area contributed by atoms with Crippen molar-refractivity contribution in [3.63, 3.8) is 0 Å². The van der Waals surface area contributed by atoms with Gasteiger partial charge in [-0.15, -0.1) is 11.3 Å². The van der Waals surface area contributed by atoms with Gasteiger partial charge < -0.3 is 15.3 Å². The van der Waals surface area contributed by atoms with E-state index in [0.29, 0.717) is 25.1 Å². The molecule has 0 spiro atoms. The zero-order valence-corrected chi connectivity index (χ0v) is 16.6. The minimum atomic E-state index is -0.958. The van der Waals surface area contributed by atoms with E-state index in [0.717, 1.165) is 16.5 Å². The van der Waals surface area contributed by atoms with Gasteiger partial charge in [-0.05, 0) is 47.9 Å². The van der Waals surface area contributed by atoms with Crippen LogP contribution < -0.4 is 5.32 Å². The molecule has 0 bridgehead atoms. The molecule has 27 heavy (non-hydrogen) atoms. The number of carbonyl (C=O) groups is 3. The molecule has 1 aliphatic rings. The summed E-state index contributed by atoms with van der Waals surface area (Å²) < 4.78 is 0.855. The first-order valence-electron chi connectivity index (χ1n) is 9.01. The molecule has 1 aromatic carbocycles. The number of anilines is 1. The Morgan fingerprint density at radius 1 is 1.26 bits per heavy atom. The quantitative estimate of drug-likeness (QED) is 0.830. The molecule has 0 aliphatic carbocycles. The number of carboxylic acids is 1. The molecule has 1 aliphatic heterocycles. The normalized spacial score (nSPS) is 17.3. The number of carboxylic acid groups (broad SMARTS) is 1. The fourth-order valence-electron chi connectivity index (χ4n) is 3.35. The van der Waals surface area contributed by atoms with Gasteiger partial charge in [0, 0.05) is 23.4 Å². The lowest BCUT2D eigenvalue weighted by Gasteiger charge is -2.27. The van der Waals surface area contributed by atoms with E-state index in [1.807, 2.05) is 20.8 Å². The summed E-state index contributed by atoms with van der Waals surface area (Å²) in [6.45, 7) is 6.64. The van der Waals surface area contributed by atoms with E-state index < -0.39 is 12.0 Å². The summed E-state index contributed by atoms with van der Waals surface area (Å²) in [6, 6.07) is 6.49. The Morgan fingerprint density at radius 2 is 2.00 bits per heavy atom. The van der Waals surface area contributed by atoms with E-state index in [2.05, 4.69) is 5.32 Å². The molecule has 2 amide bonds. The first kappa shape index (κ1) is 19.4. The average molecular weight is 388 g/mol. The lowest BCUT2D eigenvalue weighted by molar-refractivity contribution is -0.138. The van der Waals surface area contributed by atoms with Crippen molar-refractivity contribution < 1.29 is 19.5 Å². The van der Waals surface area contributed by atoms with Crippen molar-refractivity contribution in [2.45, 2.75) is 46.1 Å². The third kappa shape index (κ3) is 4.47. The van der Waals surface area contributed by atoms with Gasteiger partial charge in [0.05, 0.1) is 0 Å². The van der Waals surface area contributed by atoms with Crippen LogP contribution in [0.15, 0.2) is 24.3 Å². The third-order valence-corrected chi connectivity index (χ3v) is 5.66. The summed E-state index contributed by atoms with van der Waals surface area (Å²) in [5, 5.41) is 12.8. The summed E-state index contributed by atoms with van der Waals surface area (Å²) in [5.74, 6) is -1.14. The monoisotopic (exact) mass is 388 g/mol. The van der Waals surface area contributed by atoms with Crippen molar-refractivity contribution in [2.24, 2.45) is 5.41 Å². The fourth-order valence-corrected chi connectivity index (χ4v) is 4.23. The highest BCUT2D eigenvalue weighted by atomic mass is 32.1. The molecule has 6 nitrogen and oxygen atoms in total. The molecule has 7 heteroatoms. The second kappa shape index (κ2) is 7.31. The summed E-state index contributed by atoms with van der Waals surface area (Å²) >= 11 is 1.20. The Hall–Kier alpha value is -2.41. The highest BCUT2D eigenvalue weighted by Crippen LogP contribution is 2.29. The van der Waals surface area contributed by atoms with Crippen molar-refractivity contribution in [3.05, 3.63) is 29.1 Å². The fraction of sp³-hybridized carbons (Fsp3) is 0.450. The molecule has 1 unspecified atom stereocenters. The maximum absolute atomic E-state index is 12.7. The Kier molecular flexibility index (Phi) is 5.24. The van der Waals surface area contributed by atoms with E-state index in [-0.39, 0.29) is 22.1 Å². The van der Waals surface area contributed by atoms with Crippen LogP contribution in [0.4, 0.5) is 5.69 Å². The molecule has 0 saturated carbocycles. The van der Waals surface area contributed by atoms with Gasteiger partial charge in [0.2, 0.25) is 11.8 Å². The van der Waals surface area contributed by atoms with Gasteiger partial charge in [0.1, 0.15) is 10.9 Å². The van der Waals surface area contributed by atoms with E-state index in [4.69, 9.17) is 5.11 Å². The van der Waals surface area contributed by atoms with Crippen molar-refractivity contribution in [1.82, 2.24) is 4.90 Å². The van der Waals surface area contributed by atoms with Crippen LogP contribution in [0.5, 0.6) is 0 Å². The molecular formula is C20H24N2O4S. The zero-order valence-electron chi connectivity index (χ0n) is 15.7. The maximum atomic E-state index is 12.7. The van der Waals surface area contributed by atoms with Gasteiger partial charge in [-0.3, -0.25) is 9.59 Å². The molecule has 2 N–H and O–H groups in total. The number of hydrogen-bond acceptors (Lipinski definition) is 4. The van der Waals surface area contributed by atoms with Crippen LogP contribution in [0.3, 0.4) is 0 Å². The SMILES string of the molecule is CC(C)(C)CC(=O)N1CCCC1C(=O)Nc1ccc2sc(C(=O)O)cc2c1. The van der Waals surface area contributed by atoms with Gasteiger partial charge in [-0.25, -0.2) is 4.79 Å².